The number of hydrogen-bond acceptors (Lipinski definition) is 2. The van der Waals surface area contributed by atoms with Crippen LogP contribution in [0.4, 0.5) is 0 Å². The minimum Gasteiger partial charge on any atom is -0.516 e. The monoisotopic (exact) mass is 129 g/mol. The minimum absolute atomic E-state index is 0.851. The van der Waals surface area contributed by atoms with Gasteiger partial charge in [0.25, 0.3) is 0 Å². The Hall–Kier alpha value is -0.500. The van der Waals surface area contributed by atoms with Crippen LogP contribution in [0.5, 0.6) is 0 Å². The van der Waals surface area contributed by atoms with Crippen LogP contribution < -0.4 is 0 Å². The summed E-state index contributed by atoms with van der Waals surface area (Å²) in [4.78, 5) is 2.22. The maximum Gasteiger partial charge on any atom is 0.0764 e. The first-order valence-corrected chi connectivity index (χ1v) is 3.36. The van der Waals surface area contributed by atoms with Gasteiger partial charge in [0, 0.05) is 6.54 Å². The van der Waals surface area contributed by atoms with Crippen molar-refractivity contribution in [2.24, 2.45) is 0 Å². The third-order valence-corrected chi connectivity index (χ3v) is 1.36. The van der Waals surface area contributed by atoms with Gasteiger partial charge in [0.2, 0.25) is 0 Å². The molecule has 1 N–H and O–H groups in total. The van der Waals surface area contributed by atoms with E-state index in [9.17, 15) is 0 Å². The van der Waals surface area contributed by atoms with Gasteiger partial charge < -0.3 is 10.0 Å². The van der Waals surface area contributed by atoms with Crippen molar-refractivity contribution in [1.29, 1.82) is 0 Å². The molecule has 0 unspecified atom stereocenters. The van der Waals surface area contributed by atoms with E-state index in [2.05, 4.69) is 18.7 Å². The van der Waals surface area contributed by atoms with E-state index in [4.69, 9.17) is 5.11 Å². The van der Waals surface area contributed by atoms with Gasteiger partial charge in [-0.05, 0) is 19.2 Å². The average Bonchev–Trinajstić information content (AvgIpc) is 1.91. The smallest absolute Gasteiger partial charge is 0.0764 e. The van der Waals surface area contributed by atoms with Crippen molar-refractivity contribution in [3.63, 3.8) is 0 Å². The van der Waals surface area contributed by atoms with Gasteiger partial charge in [0.05, 0.1) is 6.26 Å². The van der Waals surface area contributed by atoms with Gasteiger partial charge in [-0.15, -0.1) is 0 Å². The van der Waals surface area contributed by atoms with Gasteiger partial charge in [-0.1, -0.05) is 13.8 Å². The Kier molecular flexibility index (Phi) is 5.32. The van der Waals surface area contributed by atoms with E-state index in [-0.39, 0.29) is 0 Å². The molecule has 9 heavy (non-hydrogen) atoms. The molecule has 0 aliphatic heterocycles. The molecule has 0 bridgehead atoms. The van der Waals surface area contributed by atoms with Gasteiger partial charge in [-0.25, -0.2) is 0 Å². The van der Waals surface area contributed by atoms with Gasteiger partial charge in [0.15, 0.2) is 0 Å². The van der Waals surface area contributed by atoms with Crippen molar-refractivity contribution in [2.45, 2.75) is 13.8 Å². The average molecular weight is 129 g/mol. The summed E-state index contributed by atoms with van der Waals surface area (Å²) in [7, 11) is 0. The van der Waals surface area contributed by atoms with Gasteiger partial charge in [0.1, 0.15) is 0 Å². The van der Waals surface area contributed by atoms with Crippen LogP contribution in [0.2, 0.25) is 0 Å². The number of aliphatic hydroxyl groups excluding tert-OH is 1. The second kappa shape index (κ2) is 5.63. The van der Waals surface area contributed by atoms with E-state index in [0.717, 1.165) is 25.9 Å². The largest absolute Gasteiger partial charge is 0.516 e. The van der Waals surface area contributed by atoms with Crippen molar-refractivity contribution < 1.29 is 5.11 Å². The summed E-state index contributed by atoms with van der Waals surface area (Å²) < 4.78 is 0. The fourth-order valence-electron chi connectivity index (χ4n) is 0.678. The predicted octanol–water partition coefficient (Wildman–Crippen LogP) is 1.40. The molecule has 0 aliphatic carbocycles. The van der Waals surface area contributed by atoms with Crippen molar-refractivity contribution in [2.75, 3.05) is 19.6 Å². The SMILES string of the molecule is CCN(CC)CC=CO. The molecule has 2 nitrogen and oxygen atoms in total. The van der Waals surface area contributed by atoms with Gasteiger partial charge in [-0.2, -0.15) is 0 Å². The fourth-order valence-corrected chi connectivity index (χ4v) is 0.678. The van der Waals surface area contributed by atoms with E-state index >= 15 is 0 Å². The Labute approximate surface area is 56.8 Å². The van der Waals surface area contributed by atoms with Crippen LogP contribution in [-0.4, -0.2) is 29.6 Å². The molecule has 0 atom stereocenters. The minimum atomic E-state index is 0.851. The summed E-state index contributed by atoms with van der Waals surface area (Å²) in [5.41, 5.74) is 0. The molecule has 0 aromatic carbocycles. The zero-order chi connectivity index (χ0) is 7.11. The maximum absolute atomic E-state index is 8.30. The second-order valence-corrected chi connectivity index (χ2v) is 1.87. The number of hydrogen-bond donors (Lipinski definition) is 1. The van der Waals surface area contributed by atoms with Crippen molar-refractivity contribution in [1.82, 2.24) is 4.90 Å². The molecule has 54 valence electrons. The Morgan fingerprint density at radius 2 is 1.89 bits per heavy atom. The van der Waals surface area contributed by atoms with Crippen LogP contribution in [0.15, 0.2) is 12.3 Å². The molecule has 0 fully saturated rings. The first kappa shape index (κ1) is 8.50. The lowest BCUT2D eigenvalue weighted by molar-refractivity contribution is 0.333. The lowest BCUT2D eigenvalue weighted by Gasteiger charge is -2.14. The van der Waals surface area contributed by atoms with Crippen LogP contribution in [0, 0.1) is 0 Å². The molecule has 0 saturated carbocycles. The van der Waals surface area contributed by atoms with Crippen LogP contribution in [0.1, 0.15) is 13.8 Å². The van der Waals surface area contributed by atoms with Crippen LogP contribution in [0.3, 0.4) is 0 Å². The fraction of sp³-hybridized carbons (Fsp3) is 0.714. The predicted molar refractivity (Wildman–Crippen MR) is 39.6 cm³/mol. The van der Waals surface area contributed by atoms with Crippen LogP contribution in [0.25, 0.3) is 0 Å². The van der Waals surface area contributed by atoms with E-state index < -0.39 is 0 Å². The Bertz CT molecular complexity index is 77.0. The highest BCUT2D eigenvalue weighted by Crippen LogP contribution is 1.85. The standard InChI is InChI=1S/C7H15NO/c1-3-8(4-2)6-5-7-9/h5,7,9H,3-4,6H2,1-2H3. The summed E-state index contributed by atoms with van der Waals surface area (Å²) >= 11 is 0. The Morgan fingerprint density at radius 1 is 1.33 bits per heavy atom. The summed E-state index contributed by atoms with van der Waals surface area (Å²) in [5, 5.41) is 8.30. The molecule has 0 saturated heterocycles. The van der Waals surface area contributed by atoms with Crippen LogP contribution >= 0.6 is 0 Å². The molecule has 0 rings (SSSR count). The summed E-state index contributed by atoms with van der Waals surface area (Å²) in [6.45, 7) is 7.15. The molecule has 0 heterocycles. The quantitative estimate of drug-likeness (QED) is 0.580. The van der Waals surface area contributed by atoms with E-state index in [0.29, 0.717) is 0 Å². The lowest BCUT2D eigenvalue weighted by atomic mass is 10.5. The van der Waals surface area contributed by atoms with Gasteiger partial charge in [-0.3, -0.25) is 0 Å². The third kappa shape index (κ3) is 4.03. The highest BCUT2D eigenvalue weighted by Gasteiger charge is 1.92. The summed E-state index contributed by atoms with van der Waals surface area (Å²) in [6.07, 6.45) is 2.84. The third-order valence-electron chi connectivity index (χ3n) is 1.36. The number of aliphatic hydroxyl groups is 1. The zero-order valence-corrected chi connectivity index (χ0v) is 6.17. The van der Waals surface area contributed by atoms with Crippen LogP contribution in [-0.2, 0) is 0 Å². The molecular formula is C7H15NO. The van der Waals surface area contributed by atoms with E-state index in [1.165, 1.54) is 0 Å². The number of likely N-dealkylation sites (N-methyl/N-ethyl adjacent to an activating group) is 1. The molecule has 0 aliphatic rings. The first-order valence-electron chi connectivity index (χ1n) is 3.36. The van der Waals surface area contributed by atoms with E-state index in [1.807, 2.05) is 0 Å². The molecule has 0 aromatic rings. The highest BCUT2D eigenvalue weighted by atomic mass is 16.2. The van der Waals surface area contributed by atoms with E-state index in [1.54, 1.807) is 6.08 Å². The second-order valence-electron chi connectivity index (χ2n) is 1.87. The zero-order valence-electron chi connectivity index (χ0n) is 6.17. The molecule has 0 radical (unpaired) electrons. The van der Waals surface area contributed by atoms with Crippen molar-refractivity contribution >= 4 is 0 Å². The summed E-state index contributed by atoms with van der Waals surface area (Å²) in [6, 6.07) is 0. The highest BCUT2D eigenvalue weighted by molar-refractivity contribution is 4.75. The topological polar surface area (TPSA) is 23.5 Å². The number of rotatable bonds is 4. The Balaban J connectivity index is 3.31. The first-order chi connectivity index (χ1) is 4.35. The molecule has 0 aromatic heterocycles. The van der Waals surface area contributed by atoms with Crippen molar-refractivity contribution in [3.05, 3.63) is 12.3 Å². The number of nitrogens with zero attached hydrogens (tertiary/aromatic N) is 1. The summed E-state index contributed by atoms with van der Waals surface area (Å²) in [5.74, 6) is 0. The lowest BCUT2D eigenvalue weighted by Crippen LogP contribution is -2.22. The Morgan fingerprint density at radius 3 is 2.22 bits per heavy atom. The molecule has 2 heteroatoms. The maximum atomic E-state index is 8.30. The van der Waals surface area contributed by atoms with Crippen molar-refractivity contribution in [3.8, 4) is 0 Å². The molecular weight excluding hydrogens is 114 g/mol. The normalized spacial score (nSPS) is 11.4. The molecule has 0 spiro atoms. The van der Waals surface area contributed by atoms with Gasteiger partial charge >= 0.3 is 0 Å². The molecule has 0 amide bonds.